The molecule has 196 valence electrons. The third-order valence-electron chi connectivity index (χ3n) is 5.97. The molecule has 0 N–H and O–H groups in total. The molecular weight excluding hydrogens is 444 g/mol. The molecular formula is C29H44O6. The molecule has 2 rings (SSSR count). The van der Waals surface area contributed by atoms with Gasteiger partial charge in [-0.3, -0.25) is 0 Å². The maximum Gasteiger partial charge on any atom is 0.168 e. The Bertz CT molecular complexity index is 903. The maximum absolute atomic E-state index is 6.24. The lowest BCUT2D eigenvalue weighted by Crippen LogP contribution is -2.23. The Morgan fingerprint density at radius 3 is 1.06 bits per heavy atom. The zero-order valence-electron chi connectivity index (χ0n) is 23.3. The second-order valence-corrected chi connectivity index (χ2v) is 8.63. The van der Waals surface area contributed by atoms with Gasteiger partial charge in [-0.1, -0.05) is 13.8 Å². The van der Waals surface area contributed by atoms with Gasteiger partial charge in [0.2, 0.25) is 0 Å². The quantitative estimate of drug-likeness (QED) is 0.285. The lowest BCUT2D eigenvalue weighted by atomic mass is 9.76. The van der Waals surface area contributed by atoms with Crippen LogP contribution in [-0.2, 0) is 5.41 Å². The largest absolute Gasteiger partial charge is 0.493 e. The van der Waals surface area contributed by atoms with E-state index in [0.717, 1.165) is 45.3 Å². The first-order valence-corrected chi connectivity index (χ1v) is 12.9. The first-order chi connectivity index (χ1) is 16.7. The molecule has 0 spiro atoms. The normalized spacial score (nSPS) is 11.3. The fourth-order valence-electron chi connectivity index (χ4n) is 4.31. The Balaban J connectivity index is 2.97. The monoisotopic (exact) mass is 488 g/mol. The number of hydrogen-bond acceptors (Lipinski definition) is 6. The Morgan fingerprint density at radius 1 is 0.486 bits per heavy atom. The second kappa shape index (κ2) is 12.8. The molecule has 0 aromatic heterocycles. The zero-order valence-corrected chi connectivity index (χ0v) is 23.3. The van der Waals surface area contributed by atoms with E-state index < -0.39 is 5.41 Å². The summed E-state index contributed by atoms with van der Waals surface area (Å²) in [6, 6.07) is 4.14. The molecule has 0 radical (unpaired) electrons. The summed E-state index contributed by atoms with van der Waals surface area (Å²) in [7, 11) is 0. The van der Waals surface area contributed by atoms with Crippen LogP contribution in [0.3, 0.4) is 0 Å². The number of benzene rings is 2. The molecule has 0 atom stereocenters. The molecule has 2 aromatic carbocycles. The van der Waals surface area contributed by atoms with Crippen molar-refractivity contribution < 1.29 is 28.4 Å². The van der Waals surface area contributed by atoms with Crippen molar-refractivity contribution in [2.45, 2.75) is 74.7 Å². The van der Waals surface area contributed by atoms with Gasteiger partial charge in [0.25, 0.3) is 0 Å². The van der Waals surface area contributed by atoms with Crippen molar-refractivity contribution >= 4 is 0 Å². The van der Waals surface area contributed by atoms with Crippen molar-refractivity contribution in [3.05, 3.63) is 34.4 Å². The third kappa shape index (κ3) is 5.91. The maximum atomic E-state index is 6.24. The van der Waals surface area contributed by atoms with E-state index in [4.69, 9.17) is 28.4 Å². The molecule has 6 heteroatoms. The van der Waals surface area contributed by atoms with E-state index in [1.165, 1.54) is 0 Å². The predicted octanol–water partition coefficient (Wildman–Crippen LogP) is 7.02. The lowest BCUT2D eigenvalue weighted by Gasteiger charge is -2.33. The Kier molecular flexibility index (Phi) is 10.4. The molecule has 0 aliphatic heterocycles. The van der Waals surface area contributed by atoms with Gasteiger partial charge in [0.15, 0.2) is 23.0 Å². The first kappa shape index (κ1) is 28.5. The Hall–Kier alpha value is -2.76. The topological polar surface area (TPSA) is 55.4 Å². The van der Waals surface area contributed by atoms with Crippen LogP contribution in [0.5, 0.6) is 34.5 Å². The van der Waals surface area contributed by atoms with Gasteiger partial charge < -0.3 is 28.4 Å². The van der Waals surface area contributed by atoms with Crippen LogP contribution in [0.2, 0.25) is 0 Å². The molecule has 0 amide bonds. The molecule has 6 nitrogen and oxygen atoms in total. The van der Waals surface area contributed by atoms with Crippen molar-refractivity contribution in [1.29, 1.82) is 0 Å². The highest BCUT2D eigenvalue weighted by molar-refractivity contribution is 5.66. The van der Waals surface area contributed by atoms with Crippen molar-refractivity contribution in [3.63, 3.8) is 0 Å². The summed E-state index contributed by atoms with van der Waals surface area (Å²) in [5.74, 6) is 4.43. The van der Waals surface area contributed by atoms with Crippen LogP contribution in [0, 0.1) is 13.8 Å². The Labute approximate surface area is 211 Å². The average molecular weight is 489 g/mol. The smallest absolute Gasteiger partial charge is 0.168 e. The van der Waals surface area contributed by atoms with Gasteiger partial charge in [-0.25, -0.2) is 0 Å². The summed E-state index contributed by atoms with van der Waals surface area (Å²) in [6.45, 7) is 23.4. The van der Waals surface area contributed by atoms with Crippen LogP contribution < -0.4 is 28.4 Å². The second-order valence-electron chi connectivity index (χ2n) is 8.63. The zero-order chi connectivity index (χ0) is 26.2. The summed E-state index contributed by atoms with van der Waals surface area (Å²) in [5, 5.41) is 0. The highest BCUT2D eigenvalue weighted by atomic mass is 16.5. The average Bonchev–Trinajstić information content (AvgIpc) is 2.82. The molecule has 0 aliphatic carbocycles. The van der Waals surface area contributed by atoms with Crippen molar-refractivity contribution in [2.24, 2.45) is 0 Å². The van der Waals surface area contributed by atoms with Crippen LogP contribution >= 0.6 is 0 Å². The van der Waals surface area contributed by atoms with Gasteiger partial charge in [-0.05, 0) is 67.5 Å². The third-order valence-corrected chi connectivity index (χ3v) is 5.97. The Morgan fingerprint density at radius 2 is 0.771 bits per heavy atom. The van der Waals surface area contributed by atoms with E-state index in [-0.39, 0.29) is 0 Å². The minimum Gasteiger partial charge on any atom is -0.493 e. The summed E-state index contributed by atoms with van der Waals surface area (Å²) in [4.78, 5) is 0. The highest BCUT2D eigenvalue weighted by Crippen LogP contribution is 2.52. The molecule has 0 bridgehead atoms. The van der Waals surface area contributed by atoms with E-state index in [1.54, 1.807) is 0 Å². The summed E-state index contributed by atoms with van der Waals surface area (Å²) in [5.41, 5.74) is 3.19. The SMILES string of the molecule is CCOc1cc(C(C)(C)c2cc(OCC)c(C)c(OCC)c2OCC)c(OCC)c(OCC)c1C. The van der Waals surface area contributed by atoms with E-state index in [1.807, 2.05) is 55.4 Å². The van der Waals surface area contributed by atoms with Crippen LogP contribution in [0.1, 0.15) is 77.6 Å². The van der Waals surface area contributed by atoms with E-state index in [0.29, 0.717) is 51.1 Å². The number of hydrogen-bond donors (Lipinski definition) is 0. The van der Waals surface area contributed by atoms with E-state index in [9.17, 15) is 0 Å². The van der Waals surface area contributed by atoms with Crippen molar-refractivity contribution in [2.75, 3.05) is 39.6 Å². The van der Waals surface area contributed by atoms with E-state index in [2.05, 4.69) is 26.0 Å². The van der Waals surface area contributed by atoms with Crippen LogP contribution in [0.25, 0.3) is 0 Å². The van der Waals surface area contributed by atoms with Crippen LogP contribution in [-0.4, -0.2) is 39.6 Å². The van der Waals surface area contributed by atoms with Gasteiger partial charge in [-0.2, -0.15) is 0 Å². The van der Waals surface area contributed by atoms with Gasteiger partial charge in [0.1, 0.15) is 11.5 Å². The molecule has 2 aromatic rings. The number of ether oxygens (including phenoxy) is 6. The van der Waals surface area contributed by atoms with Crippen molar-refractivity contribution in [1.82, 2.24) is 0 Å². The van der Waals surface area contributed by atoms with Crippen LogP contribution in [0.4, 0.5) is 0 Å². The summed E-state index contributed by atoms with van der Waals surface area (Å²) < 4.78 is 36.8. The minimum atomic E-state index is -0.564. The molecule has 0 fully saturated rings. The van der Waals surface area contributed by atoms with Gasteiger partial charge in [-0.15, -0.1) is 0 Å². The van der Waals surface area contributed by atoms with Gasteiger partial charge >= 0.3 is 0 Å². The fourth-order valence-corrected chi connectivity index (χ4v) is 4.31. The first-order valence-electron chi connectivity index (χ1n) is 12.9. The van der Waals surface area contributed by atoms with Crippen molar-refractivity contribution in [3.8, 4) is 34.5 Å². The van der Waals surface area contributed by atoms with Gasteiger partial charge in [0.05, 0.1) is 39.6 Å². The molecule has 35 heavy (non-hydrogen) atoms. The molecule has 0 aliphatic rings. The minimum absolute atomic E-state index is 0.511. The van der Waals surface area contributed by atoms with Crippen LogP contribution in [0.15, 0.2) is 12.1 Å². The van der Waals surface area contributed by atoms with Gasteiger partial charge in [0, 0.05) is 27.7 Å². The predicted molar refractivity (Wildman–Crippen MR) is 141 cm³/mol. The molecule has 0 saturated carbocycles. The molecule has 0 heterocycles. The number of rotatable bonds is 14. The lowest BCUT2D eigenvalue weighted by molar-refractivity contribution is 0.268. The highest BCUT2D eigenvalue weighted by Gasteiger charge is 2.36. The van der Waals surface area contributed by atoms with E-state index >= 15 is 0 Å². The molecule has 0 saturated heterocycles. The summed E-state index contributed by atoms with van der Waals surface area (Å²) >= 11 is 0. The molecule has 0 unspecified atom stereocenters. The summed E-state index contributed by atoms with van der Waals surface area (Å²) in [6.07, 6.45) is 0. The fraction of sp³-hybridized carbons (Fsp3) is 0.586. The standard InChI is InChI=1S/C29H44O6/c1-11-30-23-17-21(27(34-15-5)25(19(23)7)32-13-3)29(9,10)22-18-24(31-12-2)20(8)26(33-14-4)28(22)35-16-6/h17-18H,11-16H2,1-10H3.